The molecule has 1 amide bonds. The van der Waals surface area contributed by atoms with Gasteiger partial charge < -0.3 is 15.2 Å². The van der Waals surface area contributed by atoms with Crippen LogP contribution in [-0.2, 0) is 22.7 Å². The van der Waals surface area contributed by atoms with Crippen molar-refractivity contribution in [2.75, 3.05) is 0 Å². The van der Waals surface area contributed by atoms with Crippen molar-refractivity contribution in [2.45, 2.75) is 26.0 Å². The first-order valence-corrected chi connectivity index (χ1v) is 7.85. The molecule has 0 fully saturated rings. The van der Waals surface area contributed by atoms with E-state index in [0.29, 0.717) is 23.9 Å². The summed E-state index contributed by atoms with van der Waals surface area (Å²) in [6.07, 6.45) is -0.196. The van der Waals surface area contributed by atoms with Gasteiger partial charge in [-0.3, -0.25) is 9.59 Å². The Balaban J connectivity index is 1.83. The van der Waals surface area contributed by atoms with Crippen molar-refractivity contribution in [3.63, 3.8) is 0 Å². The summed E-state index contributed by atoms with van der Waals surface area (Å²) in [5, 5.41) is 11.9. The van der Waals surface area contributed by atoms with E-state index in [1.807, 2.05) is 48.5 Å². The predicted octanol–water partition coefficient (Wildman–Crippen LogP) is 3.40. The molecule has 2 aromatic carbocycles. The van der Waals surface area contributed by atoms with Gasteiger partial charge in [-0.25, -0.2) is 0 Å². The summed E-state index contributed by atoms with van der Waals surface area (Å²) in [7, 11) is 0. The SMILES string of the molecule is O=C(O)CCC(=O)NCc1cccc(OCc2ccc(Cl)cc2)c1. The van der Waals surface area contributed by atoms with Crippen LogP contribution in [0.1, 0.15) is 24.0 Å². The molecule has 5 nitrogen and oxygen atoms in total. The third-order valence-corrected chi connectivity index (χ3v) is 3.52. The Hall–Kier alpha value is -2.53. The number of carboxylic acid groups (broad SMARTS) is 1. The highest BCUT2D eigenvalue weighted by molar-refractivity contribution is 6.30. The lowest BCUT2D eigenvalue weighted by Crippen LogP contribution is -2.23. The van der Waals surface area contributed by atoms with Gasteiger partial charge in [0.15, 0.2) is 0 Å². The third-order valence-electron chi connectivity index (χ3n) is 3.27. The van der Waals surface area contributed by atoms with E-state index in [0.717, 1.165) is 11.1 Å². The summed E-state index contributed by atoms with van der Waals surface area (Å²) in [5.41, 5.74) is 1.89. The molecule has 0 aromatic heterocycles. The summed E-state index contributed by atoms with van der Waals surface area (Å²) < 4.78 is 5.72. The van der Waals surface area contributed by atoms with Crippen molar-refractivity contribution in [3.8, 4) is 5.75 Å². The zero-order valence-corrected chi connectivity index (χ0v) is 13.8. The number of halogens is 1. The average Bonchev–Trinajstić information content (AvgIpc) is 2.58. The lowest BCUT2D eigenvalue weighted by Gasteiger charge is -2.09. The number of carbonyl (C=O) groups is 2. The van der Waals surface area contributed by atoms with Crippen molar-refractivity contribution in [1.29, 1.82) is 0 Å². The van der Waals surface area contributed by atoms with Crippen molar-refractivity contribution < 1.29 is 19.4 Å². The normalized spacial score (nSPS) is 10.2. The minimum absolute atomic E-state index is 0.0257. The first-order valence-electron chi connectivity index (χ1n) is 7.47. The predicted molar refractivity (Wildman–Crippen MR) is 90.9 cm³/mol. The van der Waals surface area contributed by atoms with Crippen LogP contribution in [0.5, 0.6) is 5.75 Å². The average molecular weight is 348 g/mol. The second-order valence-corrected chi connectivity index (χ2v) is 5.67. The number of rotatable bonds is 8. The van der Waals surface area contributed by atoms with Crippen LogP contribution in [0.25, 0.3) is 0 Å². The lowest BCUT2D eigenvalue weighted by atomic mass is 10.2. The molecule has 126 valence electrons. The van der Waals surface area contributed by atoms with E-state index in [1.165, 1.54) is 0 Å². The molecular formula is C18H18ClNO4. The minimum Gasteiger partial charge on any atom is -0.489 e. The highest BCUT2D eigenvalue weighted by atomic mass is 35.5. The molecule has 0 heterocycles. The third kappa shape index (κ3) is 6.30. The van der Waals surface area contributed by atoms with E-state index in [9.17, 15) is 9.59 Å². The van der Waals surface area contributed by atoms with Gasteiger partial charge in [0.2, 0.25) is 5.91 Å². The van der Waals surface area contributed by atoms with Crippen molar-refractivity contribution >= 4 is 23.5 Å². The van der Waals surface area contributed by atoms with Crippen LogP contribution < -0.4 is 10.1 Å². The number of amides is 1. The number of nitrogens with one attached hydrogen (secondary N) is 1. The number of ether oxygens (including phenoxy) is 1. The number of carboxylic acids is 1. The van der Waals surface area contributed by atoms with E-state index >= 15 is 0 Å². The van der Waals surface area contributed by atoms with Crippen molar-refractivity contribution in [2.24, 2.45) is 0 Å². The maximum absolute atomic E-state index is 11.5. The van der Waals surface area contributed by atoms with Crippen molar-refractivity contribution in [3.05, 3.63) is 64.7 Å². The molecule has 0 radical (unpaired) electrons. The van der Waals surface area contributed by atoms with Gasteiger partial charge in [0.1, 0.15) is 12.4 Å². The molecular weight excluding hydrogens is 330 g/mol. The standard InChI is InChI=1S/C18H18ClNO4/c19-15-6-4-13(5-7-15)12-24-16-3-1-2-14(10-16)11-20-17(21)8-9-18(22)23/h1-7,10H,8-9,11-12H2,(H,20,21)(H,22,23). The van der Waals surface area contributed by atoms with E-state index in [1.54, 1.807) is 0 Å². The molecule has 0 aliphatic heterocycles. The minimum atomic E-state index is -0.984. The largest absolute Gasteiger partial charge is 0.489 e. The molecule has 0 atom stereocenters. The Kier molecular flexibility index (Phi) is 6.63. The summed E-state index contributed by atoms with van der Waals surface area (Å²) in [6.45, 7) is 0.752. The van der Waals surface area contributed by atoms with Crippen LogP contribution >= 0.6 is 11.6 Å². The van der Waals surface area contributed by atoms with E-state index < -0.39 is 5.97 Å². The first kappa shape index (κ1) is 17.8. The van der Waals surface area contributed by atoms with Gasteiger partial charge in [-0.2, -0.15) is 0 Å². The molecule has 0 saturated carbocycles. The summed E-state index contributed by atoms with van der Waals surface area (Å²) >= 11 is 5.84. The molecule has 6 heteroatoms. The molecule has 0 saturated heterocycles. The maximum atomic E-state index is 11.5. The molecule has 0 bridgehead atoms. The highest BCUT2D eigenvalue weighted by Crippen LogP contribution is 2.16. The molecule has 0 unspecified atom stereocenters. The zero-order chi connectivity index (χ0) is 17.4. The first-order chi connectivity index (χ1) is 11.5. The monoisotopic (exact) mass is 347 g/mol. The van der Waals surface area contributed by atoms with E-state index in [2.05, 4.69) is 5.32 Å². The highest BCUT2D eigenvalue weighted by Gasteiger charge is 2.05. The fraction of sp³-hybridized carbons (Fsp3) is 0.222. The second kappa shape index (κ2) is 8.93. The van der Waals surface area contributed by atoms with Gasteiger partial charge in [-0.1, -0.05) is 35.9 Å². The van der Waals surface area contributed by atoms with E-state index in [4.69, 9.17) is 21.4 Å². The number of carbonyl (C=O) groups excluding carboxylic acids is 1. The topological polar surface area (TPSA) is 75.6 Å². The van der Waals surface area contributed by atoms with Crippen molar-refractivity contribution in [1.82, 2.24) is 5.32 Å². The van der Waals surface area contributed by atoms with Crippen LogP contribution in [0.3, 0.4) is 0 Å². The van der Waals surface area contributed by atoms with Gasteiger partial charge in [-0.15, -0.1) is 0 Å². The van der Waals surface area contributed by atoms with Crippen LogP contribution in [0.15, 0.2) is 48.5 Å². The van der Waals surface area contributed by atoms with Gasteiger partial charge in [-0.05, 0) is 35.4 Å². The number of hydrogen-bond donors (Lipinski definition) is 2. The summed E-state index contributed by atoms with van der Waals surface area (Å²) in [4.78, 5) is 22.0. The summed E-state index contributed by atoms with van der Waals surface area (Å²) in [6, 6.07) is 14.8. The molecule has 2 N–H and O–H groups in total. The van der Waals surface area contributed by atoms with Crippen LogP contribution in [0.2, 0.25) is 5.02 Å². The molecule has 0 aliphatic carbocycles. The van der Waals surface area contributed by atoms with Gasteiger partial charge in [0.25, 0.3) is 0 Å². The van der Waals surface area contributed by atoms with Gasteiger partial charge >= 0.3 is 5.97 Å². The molecule has 2 rings (SSSR count). The molecule has 0 aliphatic rings. The molecule has 2 aromatic rings. The lowest BCUT2D eigenvalue weighted by molar-refractivity contribution is -0.138. The van der Waals surface area contributed by atoms with E-state index in [-0.39, 0.29) is 18.7 Å². The van der Waals surface area contributed by atoms with Crippen LogP contribution in [0, 0.1) is 0 Å². The van der Waals surface area contributed by atoms with Crippen LogP contribution in [0.4, 0.5) is 0 Å². The fourth-order valence-electron chi connectivity index (χ4n) is 2.00. The Bertz CT molecular complexity index is 700. The Morgan fingerprint density at radius 3 is 2.50 bits per heavy atom. The smallest absolute Gasteiger partial charge is 0.303 e. The Labute approximate surface area is 145 Å². The summed E-state index contributed by atoms with van der Waals surface area (Å²) in [5.74, 6) is -0.574. The Morgan fingerprint density at radius 2 is 1.79 bits per heavy atom. The number of aliphatic carboxylic acids is 1. The fourth-order valence-corrected chi connectivity index (χ4v) is 2.13. The quantitative estimate of drug-likeness (QED) is 0.767. The second-order valence-electron chi connectivity index (χ2n) is 5.23. The maximum Gasteiger partial charge on any atom is 0.303 e. The van der Waals surface area contributed by atoms with Crippen LogP contribution in [-0.4, -0.2) is 17.0 Å². The Morgan fingerprint density at radius 1 is 1.04 bits per heavy atom. The number of hydrogen-bond acceptors (Lipinski definition) is 3. The zero-order valence-electron chi connectivity index (χ0n) is 13.0. The van der Waals surface area contributed by atoms with Gasteiger partial charge in [0.05, 0.1) is 6.42 Å². The molecule has 24 heavy (non-hydrogen) atoms. The number of benzene rings is 2. The van der Waals surface area contributed by atoms with Gasteiger partial charge in [0, 0.05) is 18.0 Å². The molecule has 0 spiro atoms.